The van der Waals surface area contributed by atoms with Crippen LogP contribution in [0.4, 0.5) is 5.69 Å². The number of aryl methyl sites for hydroxylation is 1. The average molecular weight is 396 g/mol. The molecular formula is C25H33NO3. The number of anilines is 1. The predicted molar refractivity (Wildman–Crippen MR) is 117 cm³/mol. The summed E-state index contributed by atoms with van der Waals surface area (Å²) in [5.41, 5.74) is 3.48. The van der Waals surface area contributed by atoms with Crippen molar-refractivity contribution >= 4 is 5.69 Å². The van der Waals surface area contributed by atoms with Gasteiger partial charge in [0.2, 0.25) is 0 Å². The molecule has 0 aromatic heterocycles. The lowest BCUT2D eigenvalue weighted by Gasteiger charge is -2.39. The van der Waals surface area contributed by atoms with Gasteiger partial charge in [-0.05, 0) is 63.4 Å². The summed E-state index contributed by atoms with van der Waals surface area (Å²) in [5, 5.41) is 20.3. The highest BCUT2D eigenvalue weighted by molar-refractivity contribution is 5.67. The molecule has 2 aliphatic heterocycles. The second kappa shape index (κ2) is 9.08. The Bertz CT molecular complexity index is 807. The lowest BCUT2D eigenvalue weighted by atomic mass is 9.83. The number of benzene rings is 2. The smallest absolute Gasteiger partial charge is 0.125 e. The van der Waals surface area contributed by atoms with Crippen LogP contribution in [0, 0.1) is 0 Å². The number of aliphatic hydroxyl groups excluding tert-OH is 1. The first-order valence-corrected chi connectivity index (χ1v) is 11.1. The minimum absolute atomic E-state index is 0.0994. The van der Waals surface area contributed by atoms with Crippen molar-refractivity contribution in [3.05, 3.63) is 53.6 Å². The normalized spacial score (nSPS) is 21.5. The molecule has 1 saturated heterocycles. The van der Waals surface area contributed by atoms with Gasteiger partial charge in [-0.2, -0.15) is 0 Å². The Kier molecular flexibility index (Phi) is 6.29. The van der Waals surface area contributed by atoms with Crippen molar-refractivity contribution in [1.29, 1.82) is 0 Å². The van der Waals surface area contributed by atoms with E-state index in [4.69, 9.17) is 4.74 Å². The van der Waals surface area contributed by atoms with Crippen LogP contribution in [-0.4, -0.2) is 35.5 Å². The Balaban J connectivity index is 1.44. The molecule has 2 N–H and O–H groups in total. The molecule has 29 heavy (non-hydrogen) atoms. The number of aliphatic hydroxyl groups is 1. The van der Waals surface area contributed by atoms with Gasteiger partial charge in [-0.25, -0.2) is 0 Å². The van der Waals surface area contributed by atoms with Gasteiger partial charge in [0, 0.05) is 42.6 Å². The maximum atomic E-state index is 10.8. The van der Waals surface area contributed by atoms with Gasteiger partial charge in [0.25, 0.3) is 0 Å². The molecule has 156 valence electrons. The van der Waals surface area contributed by atoms with E-state index in [2.05, 4.69) is 42.2 Å². The molecule has 2 aliphatic rings. The number of hydrogen-bond acceptors (Lipinski definition) is 4. The maximum Gasteiger partial charge on any atom is 0.125 e. The monoisotopic (exact) mass is 395 g/mol. The summed E-state index contributed by atoms with van der Waals surface area (Å²) >= 11 is 0. The van der Waals surface area contributed by atoms with Crippen molar-refractivity contribution in [1.82, 2.24) is 0 Å². The largest absolute Gasteiger partial charge is 0.507 e. The second-order valence-electron chi connectivity index (χ2n) is 8.62. The summed E-state index contributed by atoms with van der Waals surface area (Å²) in [5.74, 6) is 1.30. The molecule has 0 unspecified atom stereocenters. The molecule has 4 nitrogen and oxygen atoms in total. The maximum absolute atomic E-state index is 10.8. The van der Waals surface area contributed by atoms with Crippen LogP contribution in [0.5, 0.6) is 11.5 Å². The topological polar surface area (TPSA) is 52.9 Å². The Labute approximate surface area is 174 Å². The van der Waals surface area contributed by atoms with E-state index in [-0.39, 0.29) is 18.6 Å². The number of aromatic hydroxyl groups is 1. The number of nitrogens with zero attached hydrogens (tertiary/aromatic N) is 1. The van der Waals surface area contributed by atoms with Crippen LogP contribution in [0.25, 0.3) is 0 Å². The molecule has 0 saturated carbocycles. The zero-order valence-electron chi connectivity index (χ0n) is 17.4. The van der Waals surface area contributed by atoms with Gasteiger partial charge in [-0.15, -0.1) is 0 Å². The Morgan fingerprint density at radius 2 is 2.03 bits per heavy atom. The minimum atomic E-state index is 0.0994. The Morgan fingerprint density at radius 1 is 1.21 bits per heavy atom. The van der Waals surface area contributed by atoms with Gasteiger partial charge in [-0.3, -0.25) is 0 Å². The minimum Gasteiger partial charge on any atom is -0.507 e. The van der Waals surface area contributed by atoms with Crippen molar-refractivity contribution in [3.63, 3.8) is 0 Å². The number of rotatable bonds is 8. The third kappa shape index (κ3) is 4.53. The summed E-state index contributed by atoms with van der Waals surface area (Å²) < 4.78 is 6.21. The fraction of sp³-hybridized carbons (Fsp3) is 0.520. The van der Waals surface area contributed by atoms with E-state index < -0.39 is 0 Å². The molecule has 4 heteroatoms. The highest BCUT2D eigenvalue weighted by Gasteiger charge is 2.37. The molecule has 2 heterocycles. The molecule has 0 radical (unpaired) electrons. The van der Waals surface area contributed by atoms with E-state index in [1.165, 1.54) is 18.4 Å². The summed E-state index contributed by atoms with van der Waals surface area (Å²) in [7, 11) is 0. The molecule has 0 aliphatic carbocycles. The van der Waals surface area contributed by atoms with E-state index in [0.717, 1.165) is 49.2 Å². The average Bonchev–Trinajstić information content (AvgIpc) is 3.17. The van der Waals surface area contributed by atoms with E-state index in [9.17, 15) is 10.2 Å². The van der Waals surface area contributed by atoms with Crippen molar-refractivity contribution in [2.24, 2.45) is 0 Å². The highest BCUT2D eigenvalue weighted by atomic mass is 16.5. The summed E-state index contributed by atoms with van der Waals surface area (Å²) in [6, 6.07) is 15.0. The van der Waals surface area contributed by atoms with Crippen LogP contribution in [-0.2, 0) is 6.42 Å². The number of phenolic OH excluding ortho intramolecular Hbond substituents is 1. The third-order valence-electron chi connectivity index (χ3n) is 6.50. The van der Waals surface area contributed by atoms with Gasteiger partial charge in [-0.1, -0.05) is 30.3 Å². The quantitative estimate of drug-likeness (QED) is 0.659. The standard InChI is InChI=1S/C25H33NO3/c1-18(7-5-10-19-8-3-2-4-9-19)29-22-16-23-25(24(28)17-22)20(12-14-27)15-21-11-6-13-26(21)23/h2-4,8-9,16-18,20-21,27-28H,5-7,10-15H2,1H3/t18-,20-,21+/m1/s1. The van der Waals surface area contributed by atoms with Gasteiger partial charge in [0.1, 0.15) is 11.5 Å². The molecule has 0 bridgehead atoms. The number of fused-ring (bicyclic) bond motifs is 3. The molecule has 2 aromatic rings. The van der Waals surface area contributed by atoms with Crippen molar-refractivity contribution in [2.45, 2.75) is 69.9 Å². The van der Waals surface area contributed by atoms with Crippen LogP contribution >= 0.6 is 0 Å². The molecule has 0 spiro atoms. The van der Waals surface area contributed by atoms with Crippen molar-refractivity contribution in [2.75, 3.05) is 18.1 Å². The highest BCUT2D eigenvalue weighted by Crippen LogP contribution is 2.49. The first kappa shape index (κ1) is 20.1. The summed E-state index contributed by atoms with van der Waals surface area (Å²) in [6.45, 7) is 3.31. The Hall–Kier alpha value is -2.20. The first-order chi connectivity index (χ1) is 14.2. The number of ether oxygens (including phenoxy) is 1. The second-order valence-corrected chi connectivity index (χ2v) is 8.62. The Morgan fingerprint density at radius 3 is 2.83 bits per heavy atom. The fourth-order valence-electron chi connectivity index (χ4n) is 5.11. The van der Waals surface area contributed by atoms with E-state index in [0.29, 0.717) is 18.2 Å². The number of hydrogen-bond donors (Lipinski definition) is 2. The first-order valence-electron chi connectivity index (χ1n) is 11.1. The molecular weight excluding hydrogens is 362 g/mol. The van der Waals surface area contributed by atoms with Crippen LogP contribution in [0.3, 0.4) is 0 Å². The summed E-state index contributed by atoms with van der Waals surface area (Å²) in [4.78, 5) is 2.44. The summed E-state index contributed by atoms with van der Waals surface area (Å²) in [6.07, 6.45) is 7.34. The van der Waals surface area contributed by atoms with Gasteiger partial charge < -0.3 is 19.8 Å². The fourth-order valence-corrected chi connectivity index (χ4v) is 5.11. The number of phenols is 1. The zero-order chi connectivity index (χ0) is 20.2. The molecule has 1 fully saturated rings. The molecule has 0 amide bonds. The zero-order valence-corrected chi connectivity index (χ0v) is 17.4. The van der Waals surface area contributed by atoms with Crippen LogP contribution in [0.2, 0.25) is 0 Å². The van der Waals surface area contributed by atoms with Crippen LogP contribution < -0.4 is 9.64 Å². The third-order valence-corrected chi connectivity index (χ3v) is 6.50. The predicted octanol–water partition coefficient (Wildman–Crippen LogP) is 5.02. The van der Waals surface area contributed by atoms with Crippen LogP contribution in [0.1, 0.15) is 62.5 Å². The molecule has 2 aromatic carbocycles. The molecule has 3 atom stereocenters. The SMILES string of the molecule is C[C@H](CCCc1ccccc1)Oc1cc(O)c2c(c1)N1CCC[C@H]1C[C@H]2CCO. The van der Waals surface area contributed by atoms with Gasteiger partial charge in [0.15, 0.2) is 0 Å². The lowest BCUT2D eigenvalue weighted by Crippen LogP contribution is -2.36. The van der Waals surface area contributed by atoms with Crippen molar-refractivity contribution in [3.8, 4) is 11.5 Å². The van der Waals surface area contributed by atoms with Crippen molar-refractivity contribution < 1.29 is 14.9 Å². The molecule has 4 rings (SSSR count). The van der Waals surface area contributed by atoms with Gasteiger partial charge >= 0.3 is 0 Å². The van der Waals surface area contributed by atoms with E-state index in [1.807, 2.05) is 6.07 Å². The van der Waals surface area contributed by atoms with Gasteiger partial charge in [0.05, 0.1) is 6.10 Å². The van der Waals surface area contributed by atoms with E-state index in [1.54, 1.807) is 6.07 Å². The lowest BCUT2D eigenvalue weighted by molar-refractivity contribution is 0.207. The van der Waals surface area contributed by atoms with E-state index >= 15 is 0 Å². The van der Waals surface area contributed by atoms with Crippen LogP contribution in [0.15, 0.2) is 42.5 Å².